The lowest BCUT2D eigenvalue weighted by Gasteiger charge is -2.33. The number of ketones is 1. The van der Waals surface area contributed by atoms with Crippen LogP contribution in [0.3, 0.4) is 0 Å². The molecule has 4 nitrogen and oxygen atoms in total. The zero-order valence-corrected chi connectivity index (χ0v) is 11.8. The third-order valence-corrected chi connectivity index (χ3v) is 4.78. The molecule has 1 saturated heterocycles. The first-order valence-electron chi connectivity index (χ1n) is 6.30. The molecule has 0 aromatic rings. The van der Waals surface area contributed by atoms with E-state index in [4.69, 9.17) is 17.0 Å². The van der Waals surface area contributed by atoms with E-state index in [0.29, 0.717) is 14.8 Å². The van der Waals surface area contributed by atoms with Crippen LogP contribution in [-0.2, 0) is 14.3 Å². The summed E-state index contributed by atoms with van der Waals surface area (Å²) in [5.74, 6) is -0.198. The zero-order chi connectivity index (χ0) is 13.4. The number of ether oxygens (including phenoxy) is 1. The van der Waals surface area contributed by atoms with Crippen LogP contribution in [0.4, 0.5) is 0 Å². The van der Waals surface area contributed by atoms with Gasteiger partial charge >= 0.3 is 0 Å². The second-order valence-electron chi connectivity index (χ2n) is 4.86. The molecule has 0 aromatic carbocycles. The minimum absolute atomic E-state index is 0.0227. The summed E-state index contributed by atoms with van der Waals surface area (Å²) in [6, 6.07) is 0. The first kappa shape index (κ1) is 12.9. The first-order valence-corrected chi connectivity index (χ1v) is 7.52. The molecule has 1 aliphatic carbocycles. The second kappa shape index (κ2) is 5.09. The average Bonchev–Trinajstić information content (AvgIpc) is 2.72. The molecule has 0 radical (unpaired) electrons. The van der Waals surface area contributed by atoms with Gasteiger partial charge in [0.05, 0.1) is 22.7 Å². The predicted octanol–water partition coefficient (Wildman–Crippen LogP) is 2.06. The quantitative estimate of drug-likeness (QED) is 0.593. The number of Topliss-reactive ketones (excluding diaryl/α,β-unsaturated/α-hetero) is 1. The van der Waals surface area contributed by atoms with Crippen LogP contribution >= 0.6 is 24.0 Å². The van der Waals surface area contributed by atoms with E-state index in [2.05, 4.69) is 5.32 Å². The number of hydrogen-bond donors (Lipinski definition) is 1. The summed E-state index contributed by atoms with van der Waals surface area (Å²) in [7, 11) is 0. The molecular formula is C13H13NO3S2. The molecule has 0 bridgehead atoms. The van der Waals surface area contributed by atoms with E-state index >= 15 is 0 Å². The fourth-order valence-electron chi connectivity index (χ4n) is 2.66. The van der Waals surface area contributed by atoms with Crippen molar-refractivity contribution in [3.05, 3.63) is 22.8 Å². The van der Waals surface area contributed by atoms with Gasteiger partial charge in [-0.15, -0.1) is 0 Å². The number of nitrogens with one attached hydrogen (secondary N) is 1. The Morgan fingerprint density at radius 1 is 1.37 bits per heavy atom. The predicted molar refractivity (Wildman–Crippen MR) is 76.3 cm³/mol. The largest absolute Gasteiger partial charge is 0.497 e. The zero-order valence-electron chi connectivity index (χ0n) is 10.2. The van der Waals surface area contributed by atoms with Gasteiger partial charge in [0.2, 0.25) is 0 Å². The van der Waals surface area contributed by atoms with Crippen LogP contribution in [0.2, 0.25) is 0 Å². The van der Waals surface area contributed by atoms with Crippen LogP contribution in [0, 0.1) is 5.92 Å². The number of thiocarbonyl (C=S) groups is 1. The summed E-state index contributed by atoms with van der Waals surface area (Å²) in [6.45, 7) is 0. The number of amides is 1. The number of carbonyl (C=O) groups is 2. The van der Waals surface area contributed by atoms with Crippen molar-refractivity contribution in [3.63, 3.8) is 0 Å². The minimum atomic E-state index is -0.241. The van der Waals surface area contributed by atoms with Crippen LogP contribution in [0.1, 0.15) is 25.7 Å². The van der Waals surface area contributed by atoms with Gasteiger partial charge in [0, 0.05) is 0 Å². The van der Waals surface area contributed by atoms with Gasteiger partial charge in [-0.1, -0.05) is 30.4 Å². The molecule has 2 unspecified atom stereocenters. The van der Waals surface area contributed by atoms with Crippen LogP contribution in [0.5, 0.6) is 0 Å². The number of allylic oxidation sites excluding steroid dienone is 2. The molecule has 1 amide bonds. The van der Waals surface area contributed by atoms with Gasteiger partial charge in [0.25, 0.3) is 5.91 Å². The van der Waals surface area contributed by atoms with Crippen molar-refractivity contribution in [3.8, 4) is 0 Å². The van der Waals surface area contributed by atoms with Crippen molar-refractivity contribution in [1.29, 1.82) is 0 Å². The summed E-state index contributed by atoms with van der Waals surface area (Å²) in [4.78, 5) is 24.4. The lowest BCUT2D eigenvalue weighted by molar-refractivity contribution is -0.126. The molecule has 2 heterocycles. The summed E-state index contributed by atoms with van der Waals surface area (Å²) in [6.07, 6.45) is 7.11. The molecule has 100 valence electrons. The number of carbonyl (C=O) groups excluding carboxylic acids is 2. The Morgan fingerprint density at radius 3 is 2.89 bits per heavy atom. The second-order valence-corrected chi connectivity index (χ2v) is 6.57. The molecule has 1 N–H and O–H groups in total. The first-order chi connectivity index (χ1) is 9.15. The van der Waals surface area contributed by atoms with E-state index < -0.39 is 0 Å². The van der Waals surface area contributed by atoms with E-state index in [1.165, 1.54) is 18.0 Å². The van der Waals surface area contributed by atoms with E-state index in [-0.39, 0.29) is 23.7 Å². The summed E-state index contributed by atoms with van der Waals surface area (Å²) in [5.41, 5.74) is 0.477. The Balaban J connectivity index is 1.83. The molecular weight excluding hydrogens is 282 g/mol. The molecule has 6 heteroatoms. The van der Waals surface area contributed by atoms with Crippen LogP contribution in [0.15, 0.2) is 22.8 Å². The SMILES string of the molecule is O=C1NC(=S)S/C1=C/C1=COC2CCCCC2C1=O. The maximum atomic E-state index is 12.4. The summed E-state index contributed by atoms with van der Waals surface area (Å²) >= 11 is 6.10. The Bertz CT molecular complexity index is 524. The molecule has 0 aromatic heterocycles. The monoisotopic (exact) mass is 295 g/mol. The Morgan fingerprint density at radius 2 is 2.16 bits per heavy atom. The van der Waals surface area contributed by atoms with E-state index in [0.717, 1.165) is 25.7 Å². The smallest absolute Gasteiger partial charge is 0.263 e. The van der Waals surface area contributed by atoms with Crippen LogP contribution in [0.25, 0.3) is 0 Å². The van der Waals surface area contributed by atoms with Crippen LogP contribution < -0.4 is 5.32 Å². The van der Waals surface area contributed by atoms with Gasteiger partial charge in [-0.2, -0.15) is 0 Å². The summed E-state index contributed by atoms with van der Waals surface area (Å²) < 4.78 is 6.06. The number of rotatable bonds is 1. The standard InChI is InChI=1S/C13H13NO3S2/c15-11-7(5-10-12(16)14-13(18)19-10)6-17-9-4-2-1-3-8(9)11/h5-6,8-9H,1-4H2,(H,14,16,18)/b10-5+. The van der Waals surface area contributed by atoms with Gasteiger partial charge in [-0.3, -0.25) is 9.59 Å². The highest BCUT2D eigenvalue weighted by Gasteiger charge is 2.36. The third-order valence-electron chi connectivity index (χ3n) is 3.62. The minimum Gasteiger partial charge on any atom is -0.497 e. The average molecular weight is 295 g/mol. The van der Waals surface area contributed by atoms with Crippen molar-refractivity contribution < 1.29 is 14.3 Å². The highest BCUT2D eigenvalue weighted by atomic mass is 32.2. The van der Waals surface area contributed by atoms with Crippen LogP contribution in [-0.4, -0.2) is 22.1 Å². The Hall–Kier alpha value is -1.14. The maximum absolute atomic E-state index is 12.4. The molecule has 3 rings (SSSR count). The van der Waals surface area contributed by atoms with Crippen molar-refractivity contribution in [2.45, 2.75) is 31.8 Å². The normalized spacial score (nSPS) is 32.7. The fraction of sp³-hybridized carbons (Fsp3) is 0.462. The Labute approximate surface area is 120 Å². The highest BCUT2D eigenvalue weighted by molar-refractivity contribution is 8.26. The molecule has 19 heavy (non-hydrogen) atoms. The highest BCUT2D eigenvalue weighted by Crippen LogP contribution is 2.34. The van der Waals surface area contributed by atoms with Crippen molar-refractivity contribution in [1.82, 2.24) is 5.32 Å². The topological polar surface area (TPSA) is 55.4 Å². The number of thioether (sulfide) groups is 1. The molecule has 2 atom stereocenters. The molecule has 3 aliphatic rings. The lowest BCUT2D eigenvalue weighted by Crippen LogP contribution is -2.36. The third kappa shape index (κ3) is 2.47. The van der Waals surface area contributed by atoms with Gasteiger partial charge in [0.1, 0.15) is 10.4 Å². The van der Waals surface area contributed by atoms with Gasteiger partial charge in [-0.25, -0.2) is 0 Å². The Kier molecular flexibility index (Phi) is 3.45. The van der Waals surface area contributed by atoms with Gasteiger partial charge < -0.3 is 10.1 Å². The molecule has 2 aliphatic heterocycles. The van der Waals surface area contributed by atoms with E-state index in [1.807, 2.05) is 0 Å². The maximum Gasteiger partial charge on any atom is 0.263 e. The lowest BCUT2D eigenvalue weighted by atomic mass is 9.80. The van der Waals surface area contributed by atoms with Crippen molar-refractivity contribution >= 4 is 40.0 Å². The molecule has 0 spiro atoms. The van der Waals surface area contributed by atoms with E-state index in [1.54, 1.807) is 6.08 Å². The summed E-state index contributed by atoms with van der Waals surface area (Å²) in [5, 5.41) is 2.54. The van der Waals surface area contributed by atoms with Crippen molar-refractivity contribution in [2.24, 2.45) is 5.92 Å². The van der Waals surface area contributed by atoms with E-state index in [9.17, 15) is 9.59 Å². The number of fused-ring (bicyclic) bond motifs is 1. The number of hydrogen-bond acceptors (Lipinski definition) is 5. The molecule has 1 saturated carbocycles. The van der Waals surface area contributed by atoms with Gasteiger partial charge in [0.15, 0.2) is 5.78 Å². The molecule has 2 fully saturated rings. The fourth-order valence-corrected chi connectivity index (χ4v) is 3.70. The van der Waals surface area contributed by atoms with Crippen molar-refractivity contribution in [2.75, 3.05) is 0 Å². The van der Waals surface area contributed by atoms with Gasteiger partial charge in [-0.05, 0) is 25.3 Å².